The molecule has 0 radical (unpaired) electrons. The molecule has 2 atom stereocenters. The third-order valence-electron chi connectivity index (χ3n) is 3.72. The van der Waals surface area contributed by atoms with E-state index in [1.54, 1.807) is 0 Å². The zero-order valence-corrected chi connectivity index (χ0v) is 10.9. The van der Waals surface area contributed by atoms with Gasteiger partial charge in [-0.15, -0.1) is 0 Å². The lowest BCUT2D eigenvalue weighted by atomic mass is 9.96. The average molecular weight is 268 g/mol. The second-order valence-electron chi connectivity index (χ2n) is 5.17. The molecule has 0 aliphatic carbocycles. The van der Waals surface area contributed by atoms with Crippen LogP contribution in [0.15, 0.2) is 0 Å². The van der Waals surface area contributed by atoms with Gasteiger partial charge >= 0.3 is 6.03 Å². The van der Waals surface area contributed by atoms with Gasteiger partial charge in [-0.05, 0) is 19.3 Å². The summed E-state index contributed by atoms with van der Waals surface area (Å²) in [4.78, 5) is 35.8. The second kappa shape index (κ2) is 5.90. The smallest absolute Gasteiger partial charge is 0.314 e. The van der Waals surface area contributed by atoms with Gasteiger partial charge in [0.1, 0.15) is 0 Å². The molecule has 0 aromatic carbocycles. The quantitative estimate of drug-likeness (QED) is 0.609. The predicted molar refractivity (Wildman–Crippen MR) is 68.1 cm³/mol. The molecular formula is C12H20N4O3. The Balaban J connectivity index is 1.82. The molecule has 106 valence electrons. The van der Waals surface area contributed by atoms with E-state index in [9.17, 15) is 14.4 Å². The highest BCUT2D eigenvalue weighted by molar-refractivity contribution is 5.81. The fourth-order valence-electron chi connectivity index (χ4n) is 2.57. The lowest BCUT2D eigenvalue weighted by molar-refractivity contribution is -0.129. The van der Waals surface area contributed by atoms with E-state index in [-0.39, 0.29) is 23.8 Å². The normalized spacial score (nSPS) is 27.6. The maximum absolute atomic E-state index is 12.1. The van der Waals surface area contributed by atoms with Crippen LogP contribution in [-0.4, -0.2) is 48.4 Å². The molecule has 2 unspecified atom stereocenters. The van der Waals surface area contributed by atoms with Gasteiger partial charge in [-0.3, -0.25) is 9.59 Å². The second-order valence-corrected chi connectivity index (χ2v) is 5.17. The minimum Gasteiger partial charge on any atom is -0.354 e. The Bertz CT molecular complexity index is 375. The Kier molecular flexibility index (Phi) is 4.24. The van der Waals surface area contributed by atoms with Gasteiger partial charge in [0.15, 0.2) is 0 Å². The van der Waals surface area contributed by atoms with Crippen LogP contribution in [0.1, 0.15) is 25.7 Å². The van der Waals surface area contributed by atoms with Crippen molar-refractivity contribution in [3.63, 3.8) is 0 Å². The van der Waals surface area contributed by atoms with E-state index in [1.807, 2.05) is 0 Å². The number of likely N-dealkylation sites (tertiary alicyclic amines) is 1. The number of piperidine rings is 2. The number of hydrogen-bond acceptors (Lipinski definition) is 3. The standard InChI is InChI=1S/C12H20N4O3/c13-12(19)16-5-1-2-8(7-16)11(18)15-9-3-4-10(17)14-6-9/h8-9H,1-7H2,(H2,13,19)(H,14,17)(H,15,18). The van der Waals surface area contributed by atoms with Crippen LogP contribution in [0.25, 0.3) is 0 Å². The maximum Gasteiger partial charge on any atom is 0.314 e. The number of nitrogens with zero attached hydrogens (tertiary/aromatic N) is 1. The third-order valence-corrected chi connectivity index (χ3v) is 3.72. The number of nitrogens with one attached hydrogen (secondary N) is 2. The summed E-state index contributed by atoms with van der Waals surface area (Å²) in [5.41, 5.74) is 5.24. The molecule has 0 saturated carbocycles. The monoisotopic (exact) mass is 268 g/mol. The van der Waals surface area contributed by atoms with Gasteiger partial charge in [0.25, 0.3) is 0 Å². The SMILES string of the molecule is NC(=O)N1CCCC(C(=O)NC2CCC(=O)NC2)C1. The largest absolute Gasteiger partial charge is 0.354 e. The highest BCUT2D eigenvalue weighted by Crippen LogP contribution is 2.17. The Hall–Kier alpha value is -1.79. The molecular weight excluding hydrogens is 248 g/mol. The average Bonchev–Trinajstić information content (AvgIpc) is 2.41. The molecule has 0 bridgehead atoms. The van der Waals surface area contributed by atoms with Crippen LogP contribution in [0.5, 0.6) is 0 Å². The van der Waals surface area contributed by atoms with Crippen molar-refractivity contribution in [2.45, 2.75) is 31.7 Å². The summed E-state index contributed by atoms with van der Waals surface area (Å²) in [5.74, 6) is -0.214. The minimum absolute atomic E-state index is 0.00541. The molecule has 7 nitrogen and oxygen atoms in total. The van der Waals surface area contributed by atoms with Crippen molar-refractivity contribution in [1.82, 2.24) is 15.5 Å². The molecule has 2 aliphatic heterocycles. The number of carbonyl (C=O) groups is 3. The van der Waals surface area contributed by atoms with Crippen LogP contribution < -0.4 is 16.4 Å². The van der Waals surface area contributed by atoms with Gasteiger partial charge in [0.2, 0.25) is 11.8 Å². The van der Waals surface area contributed by atoms with Crippen LogP contribution in [0, 0.1) is 5.92 Å². The molecule has 0 spiro atoms. The maximum atomic E-state index is 12.1. The first-order chi connectivity index (χ1) is 9.06. The fourth-order valence-corrected chi connectivity index (χ4v) is 2.57. The Morgan fingerprint density at radius 2 is 2.16 bits per heavy atom. The first-order valence-corrected chi connectivity index (χ1v) is 6.67. The number of carbonyl (C=O) groups excluding carboxylic acids is 3. The van der Waals surface area contributed by atoms with Crippen molar-refractivity contribution in [1.29, 1.82) is 0 Å². The highest BCUT2D eigenvalue weighted by Gasteiger charge is 2.29. The summed E-state index contributed by atoms with van der Waals surface area (Å²) < 4.78 is 0. The molecule has 4 N–H and O–H groups in total. The first kappa shape index (κ1) is 13.6. The Morgan fingerprint density at radius 3 is 2.79 bits per heavy atom. The minimum atomic E-state index is -0.470. The number of rotatable bonds is 2. The van der Waals surface area contributed by atoms with Crippen LogP contribution in [0.3, 0.4) is 0 Å². The topological polar surface area (TPSA) is 105 Å². The number of hydrogen-bond donors (Lipinski definition) is 3. The number of primary amides is 1. The summed E-state index contributed by atoms with van der Waals surface area (Å²) >= 11 is 0. The van der Waals surface area contributed by atoms with E-state index in [0.717, 1.165) is 12.8 Å². The molecule has 2 aliphatic rings. The van der Waals surface area contributed by atoms with Gasteiger partial charge in [-0.25, -0.2) is 4.79 Å². The van der Waals surface area contributed by atoms with Crippen molar-refractivity contribution < 1.29 is 14.4 Å². The van der Waals surface area contributed by atoms with Crippen molar-refractivity contribution in [3.8, 4) is 0 Å². The summed E-state index contributed by atoms with van der Waals surface area (Å²) in [5, 5.41) is 5.67. The zero-order valence-electron chi connectivity index (χ0n) is 10.9. The lowest BCUT2D eigenvalue weighted by Gasteiger charge is -2.32. The van der Waals surface area contributed by atoms with E-state index < -0.39 is 6.03 Å². The van der Waals surface area contributed by atoms with Gasteiger partial charge in [-0.2, -0.15) is 0 Å². The molecule has 0 aromatic rings. The van der Waals surface area contributed by atoms with Gasteiger partial charge in [-0.1, -0.05) is 0 Å². The molecule has 2 heterocycles. The van der Waals surface area contributed by atoms with Gasteiger partial charge in [0.05, 0.1) is 5.92 Å². The van der Waals surface area contributed by atoms with Gasteiger partial charge < -0.3 is 21.3 Å². The van der Waals surface area contributed by atoms with Crippen molar-refractivity contribution in [2.75, 3.05) is 19.6 Å². The number of nitrogens with two attached hydrogens (primary N) is 1. The Labute approximate surface area is 111 Å². The third kappa shape index (κ3) is 3.59. The van der Waals surface area contributed by atoms with Crippen molar-refractivity contribution in [3.05, 3.63) is 0 Å². The highest BCUT2D eigenvalue weighted by atomic mass is 16.2. The van der Waals surface area contributed by atoms with E-state index in [4.69, 9.17) is 5.73 Å². The van der Waals surface area contributed by atoms with Crippen molar-refractivity contribution in [2.24, 2.45) is 11.7 Å². The summed E-state index contributed by atoms with van der Waals surface area (Å²) in [6.45, 7) is 1.50. The van der Waals surface area contributed by atoms with Crippen LogP contribution in [-0.2, 0) is 9.59 Å². The molecule has 2 fully saturated rings. The van der Waals surface area contributed by atoms with E-state index >= 15 is 0 Å². The molecule has 7 heteroatoms. The van der Waals surface area contributed by atoms with Gasteiger partial charge in [0, 0.05) is 32.1 Å². The summed E-state index contributed by atoms with van der Waals surface area (Å²) in [7, 11) is 0. The van der Waals surface area contributed by atoms with E-state index in [0.29, 0.717) is 32.5 Å². The summed E-state index contributed by atoms with van der Waals surface area (Å²) in [6.07, 6.45) is 2.68. The number of urea groups is 1. The predicted octanol–water partition coefficient (Wildman–Crippen LogP) is -0.828. The van der Waals surface area contributed by atoms with Crippen LogP contribution in [0.2, 0.25) is 0 Å². The van der Waals surface area contributed by atoms with Crippen LogP contribution >= 0.6 is 0 Å². The number of amides is 4. The first-order valence-electron chi connectivity index (χ1n) is 6.67. The Morgan fingerprint density at radius 1 is 1.37 bits per heavy atom. The zero-order chi connectivity index (χ0) is 13.8. The molecule has 4 amide bonds. The summed E-state index contributed by atoms with van der Waals surface area (Å²) in [6, 6.07) is -0.475. The molecule has 2 saturated heterocycles. The molecule has 0 aromatic heterocycles. The fraction of sp³-hybridized carbons (Fsp3) is 0.750. The van der Waals surface area contributed by atoms with E-state index in [2.05, 4.69) is 10.6 Å². The van der Waals surface area contributed by atoms with Crippen LogP contribution in [0.4, 0.5) is 4.79 Å². The molecule has 19 heavy (non-hydrogen) atoms. The van der Waals surface area contributed by atoms with E-state index in [1.165, 1.54) is 4.90 Å². The lowest BCUT2D eigenvalue weighted by Crippen LogP contribution is -2.52. The molecule has 2 rings (SSSR count). The van der Waals surface area contributed by atoms with Crippen molar-refractivity contribution >= 4 is 17.8 Å².